The van der Waals surface area contributed by atoms with Gasteiger partial charge in [0.05, 0.1) is 11.4 Å². The molecule has 172 valence electrons. The predicted molar refractivity (Wildman–Crippen MR) is 129 cm³/mol. The first-order valence-electron chi connectivity index (χ1n) is 12.2. The van der Waals surface area contributed by atoms with Crippen LogP contribution in [0.5, 0.6) is 11.8 Å². The van der Waals surface area contributed by atoms with Gasteiger partial charge < -0.3 is 16.2 Å². The fraction of sp³-hybridized carbons (Fsp3) is 0.640. The van der Waals surface area contributed by atoms with Crippen LogP contribution >= 0.6 is 0 Å². The average molecular weight is 428 g/mol. The summed E-state index contributed by atoms with van der Waals surface area (Å²) < 4.78 is 5.69. The molecule has 0 spiro atoms. The van der Waals surface area contributed by atoms with Gasteiger partial charge in [0.2, 0.25) is 0 Å². The van der Waals surface area contributed by atoms with E-state index in [1.807, 2.05) is 0 Å². The topological polar surface area (TPSA) is 99.9 Å². The molecular weight excluding hydrogens is 386 g/mol. The second-order valence-electron chi connectivity index (χ2n) is 8.40. The molecule has 0 radical (unpaired) electrons. The van der Waals surface area contributed by atoms with Crippen molar-refractivity contribution >= 4 is 11.4 Å². The van der Waals surface area contributed by atoms with Gasteiger partial charge in [0.25, 0.3) is 0 Å². The quantitative estimate of drug-likeness (QED) is 0.211. The maximum Gasteiger partial charge on any atom is 0.325 e. The zero-order chi connectivity index (χ0) is 22.2. The van der Waals surface area contributed by atoms with Crippen LogP contribution in [0, 0.1) is 0 Å². The van der Waals surface area contributed by atoms with Crippen molar-refractivity contribution in [2.45, 2.75) is 103 Å². The molecule has 2 rings (SSSR count). The van der Waals surface area contributed by atoms with E-state index in [9.17, 15) is 0 Å². The monoisotopic (exact) mass is 427 g/mol. The minimum absolute atomic E-state index is 0.236. The van der Waals surface area contributed by atoms with Crippen molar-refractivity contribution in [1.29, 1.82) is 0 Å². The Kier molecular flexibility index (Phi) is 12.4. The summed E-state index contributed by atoms with van der Waals surface area (Å²) in [7, 11) is 0. The number of hydrogen-bond donors (Lipinski definition) is 2. The van der Waals surface area contributed by atoms with E-state index in [1.54, 1.807) is 18.2 Å². The van der Waals surface area contributed by atoms with Crippen molar-refractivity contribution in [3.63, 3.8) is 0 Å². The minimum atomic E-state index is 0.236. The lowest BCUT2D eigenvalue weighted by Gasteiger charge is -2.09. The van der Waals surface area contributed by atoms with Crippen molar-refractivity contribution < 1.29 is 4.74 Å². The van der Waals surface area contributed by atoms with Crippen LogP contribution in [0.3, 0.4) is 0 Å². The van der Waals surface area contributed by atoms with Crippen molar-refractivity contribution in [1.82, 2.24) is 15.0 Å². The summed E-state index contributed by atoms with van der Waals surface area (Å²) in [5.74, 6) is 1.15. The third-order valence-electron chi connectivity index (χ3n) is 5.62. The number of nitrogen functional groups attached to an aromatic ring is 2. The van der Waals surface area contributed by atoms with Crippen LogP contribution in [0.4, 0.5) is 11.4 Å². The Bertz CT molecular complexity index is 717. The number of nitrogens with two attached hydrogens (primary N) is 2. The molecule has 6 nitrogen and oxygen atoms in total. The molecule has 1 aromatic carbocycles. The molecule has 0 bridgehead atoms. The Balaban J connectivity index is 1.52. The maximum absolute atomic E-state index is 5.93. The summed E-state index contributed by atoms with van der Waals surface area (Å²) in [5, 5.41) is 0. The molecule has 0 aliphatic rings. The zero-order valence-corrected chi connectivity index (χ0v) is 19.3. The molecule has 6 heteroatoms. The number of hydrogen-bond acceptors (Lipinski definition) is 6. The first-order chi connectivity index (χ1) is 15.2. The molecule has 0 aliphatic heterocycles. The average Bonchev–Trinajstić information content (AvgIpc) is 2.77. The summed E-state index contributed by atoms with van der Waals surface area (Å²) in [6, 6.07) is 5.50. The highest BCUT2D eigenvalue weighted by molar-refractivity contribution is 5.67. The van der Waals surface area contributed by atoms with E-state index in [4.69, 9.17) is 16.2 Å². The molecule has 0 aliphatic carbocycles. The van der Waals surface area contributed by atoms with E-state index in [-0.39, 0.29) is 6.01 Å². The Morgan fingerprint density at radius 2 is 1.23 bits per heavy atom. The lowest BCUT2D eigenvalue weighted by Crippen LogP contribution is -2.02. The molecule has 4 N–H and O–H groups in total. The number of anilines is 2. The van der Waals surface area contributed by atoms with Gasteiger partial charge in [0, 0.05) is 6.42 Å². The lowest BCUT2D eigenvalue weighted by molar-refractivity contribution is 0.439. The van der Waals surface area contributed by atoms with Crippen LogP contribution in [0.15, 0.2) is 24.5 Å². The molecule has 1 aromatic heterocycles. The van der Waals surface area contributed by atoms with E-state index >= 15 is 0 Å². The van der Waals surface area contributed by atoms with Gasteiger partial charge in [-0.3, -0.25) is 0 Å². The highest BCUT2D eigenvalue weighted by Gasteiger charge is 2.09. The summed E-state index contributed by atoms with van der Waals surface area (Å²) in [4.78, 5) is 12.7. The van der Waals surface area contributed by atoms with Gasteiger partial charge in [0.15, 0.2) is 5.75 Å². The molecule has 0 amide bonds. The highest BCUT2D eigenvalue weighted by atomic mass is 16.5. The summed E-state index contributed by atoms with van der Waals surface area (Å²) in [6.07, 6.45) is 21.2. The van der Waals surface area contributed by atoms with E-state index in [0.717, 1.165) is 18.7 Å². The van der Waals surface area contributed by atoms with Crippen molar-refractivity contribution in [3.8, 4) is 11.8 Å². The standard InChI is InChI=1S/C25H41N5O/c1-2-3-4-5-6-7-8-9-10-11-12-13-14-15-19-23-28-20-29-25(30-23)31-24-21(26)17-16-18-22(24)27/h16-18,20H,2-15,19,26-27H2,1H3. The Labute approximate surface area is 188 Å². The normalized spacial score (nSPS) is 11.0. The smallest absolute Gasteiger partial charge is 0.325 e. The van der Waals surface area contributed by atoms with Crippen LogP contribution in [0.2, 0.25) is 0 Å². The van der Waals surface area contributed by atoms with Crippen LogP contribution in [-0.4, -0.2) is 15.0 Å². The van der Waals surface area contributed by atoms with Gasteiger partial charge in [-0.2, -0.15) is 9.97 Å². The second kappa shape index (κ2) is 15.4. The van der Waals surface area contributed by atoms with Crippen LogP contribution in [0.1, 0.15) is 103 Å². The second-order valence-corrected chi connectivity index (χ2v) is 8.40. The number of aryl methyl sites for hydroxylation is 1. The Morgan fingerprint density at radius 1 is 0.710 bits per heavy atom. The summed E-state index contributed by atoms with van der Waals surface area (Å²) in [5.41, 5.74) is 12.8. The number of nitrogens with zero attached hydrogens (tertiary/aromatic N) is 3. The number of ether oxygens (including phenoxy) is 1. The number of benzene rings is 1. The summed E-state index contributed by atoms with van der Waals surface area (Å²) in [6.45, 7) is 2.28. The molecule has 31 heavy (non-hydrogen) atoms. The Morgan fingerprint density at radius 3 is 1.77 bits per heavy atom. The minimum Gasteiger partial charge on any atom is -0.420 e. The molecule has 2 aromatic rings. The fourth-order valence-electron chi connectivity index (χ4n) is 3.74. The van der Waals surface area contributed by atoms with E-state index in [0.29, 0.717) is 17.1 Å². The lowest BCUT2D eigenvalue weighted by atomic mass is 10.0. The fourth-order valence-corrected chi connectivity index (χ4v) is 3.74. The first kappa shape index (κ1) is 24.9. The number of para-hydroxylation sites is 1. The molecule has 0 saturated carbocycles. The van der Waals surface area contributed by atoms with Gasteiger partial charge >= 0.3 is 6.01 Å². The molecular formula is C25H41N5O. The SMILES string of the molecule is CCCCCCCCCCCCCCCCc1ncnc(Oc2c(N)cccc2N)n1. The Hall–Kier alpha value is -2.37. The zero-order valence-electron chi connectivity index (χ0n) is 19.3. The van der Waals surface area contributed by atoms with Crippen LogP contribution < -0.4 is 16.2 Å². The maximum atomic E-state index is 5.93. The molecule has 0 saturated heterocycles. The van der Waals surface area contributed by atoms with Crippen molar-refractivity contribution in [2.24, 2.45) is 0 Å². The first-order valence-corrected chi connectivity index (χ1v) is 12.2. The van der Waals surface area contributed by atoms with E-state index in [2.05, 4.69) is 21.9 Å². The third-order valence-corrected chi connectivity index (χ3v) is 5.62. The van der Waals surface area contributed by atoms with Gasteiger partial charge in [-0.1, -0.05) is 96.5 Å². The highest BCUT2D eigenvalue weighted by Crippen LogP contribution is 2.31. The number of unbranched alkanes of at least 4 members (excludes halogenated alkanes) is 13. The largest absolute Gasteiger partial charge is 0.420 e. The van der Waals surface area contributed by atoms with Gasteiger partial charge in [-0.05, 0) is 18.6 Å². The van der Waals surface area contributed by atoms with Crippen LogP contribution in [-0.2, 0) is 6.42 Å². The van der Waals surface area contributed by atoms with E-state index < -0.39 is 0 Å². The van der Waals surface area contributed by atoms with Gasteiger partial charge in [0.1, 0.15) is 12.2 Å². The third kappa shape index (κ3) is 10.5. The van der Waals surface area contributed by atoms with E-state index in [1.165, 1.54) is 89.8 Å². The number of aromatic nitrogens is 3. The van der Waals surface area contributed by atoms with Gasteiger partial charge in [-0.15, -0.1) is 0 Å². The summed E-state index contributed by atoms with van der Waals surface area (Å²) >= 11 is 0. The number of rotatable bonds is 17. The van der Waals surface area contributed by atoms with Crippen LogP contribution in [0.25, 0.3) is 0 Å². The van der Waals surface area contributed by atoms with Gasteiger partial charge in [-0.25, -0.2) is 4.98 Å². The molecule has 1 heterocycles. The molecule has 0 unspecified atom stereocenters. The molecule has 0 fully saturated rings. The molecule has 0 atom stereocenters. The van der Waals surface area contributed by atoms with Crippen molar-refractivity contribution in [3.05, 3.63) is 30.4 Å². The van der Waals surface area contributed by atoms with Crippen molar-refractivity contribution in [2.75, 3.05) is 11.5 Å². The predicted octanol–water partition coefficient (Wildman–Crippen LogP) is 6.85.